The first kappa shape index (κ1) is 27.1. The van der Waals surface area contributed by atoms with Gasteiger partial charge in [0.05, 0.1) is 5.57 Å². The number of carbonyl (C=O) groups is 3. The first-order chi connectivity index (χ1) is 17.5. The van der Waals surface area contributed by atoms with Gasteiger partial charge < -0.3 is 5.32 Å². The third kappa shape index (κ3) is 3.74. The Morgan fingerprint density at radius 1 is 1.03 bits per heavy atom. The summed E-state index contributed by atoms with van der Waals surface area (Å²) in [5, 5.41) is 12.1. The molecule has 5 aliphatic carbocycles. The standard InChI is InChI=1S/C30H37F3N2O3/c1-16-18-6-8-27(4)19-7-9-29(35-25(38)30(31,32)33)11-10-26(2,3)14-20(29)23(19)21(36)12-22(27)28(18,5)13-17(15-34)24(16)37/h12-13,16,18-20,23H,6-11,14H2,1-5H3,(H,35,38). The number of nitrogens with zero attached hydrogens (tertiary/aromatic N) is 1. The van der Waals surface area contributed by atoms with Crippen LogP contribution in [-0.4, -0.2) is 29.2 Å². The van der Waals surface area contributed by atoms with Crippen LogP contribution < -0.4 is 5.32 Å². The van der Waals surface area contributed by atoms with Gasteiger partial charge in [0.25, 0.3) is 0 Å². The number of hydrogen-bond donors (Lipinski definition) is 1. The zero-order valence-electron chi connectivity index (χ0n) is 22.8. The van der Waals surface area contributed by atoms with E-state index in [2.05, 4.69) is 32.2 Å². The van der Waals surface area contributed by atoms with Gasteiger partial charge in [-0.3, -0.25) is 14.4 Å². The molecule has 0 aromatic carbocycles. The van der Waals surface area contributed by atoms with E-state index in [0.717, 1.165) is 18.4 Å². The number of amides is 1. The normalized spacial score (nSPS) is 43.8. The van der Waals surface area contributed by atoms with Crippen LogP contribution in [0.3, 0.4) is 0 Å². The second-order valence-electron chi connectivity index (χ2n) is 13.9. The maximum atomic E-state index is 14.1. The van der Waals surface area contributed by atoms with E-state index >= 15 is 0 Å². The maximum absolute atomic E-state index is 14.1. The summed E-state index contributed by atoms with van der Waals surface area (Å²) in [4.78, 5) is 39.1. The highest BCUT2D eigenvalue weighted by Gasteiger charge is 2.65. The zero-order valence-corrected chi connectivity index (χ0v) is 22.8. The van der Waals surface area contributed by atoms with Crippen molar-refractivity contribution in [2.75, 3.05) is 0 Å². The molecule has 0 spiro atoms. The number of carbonyl (C=O) groups excluding carboxylic acids is 3. The molecular formula is C30H37F3N2O3. The summed E-state index contributed by atoms with van der Waals surface area (Å²) in [5.74, 6) is -3.44. The molecule has 3 saturated carbocycles. The van der Waals surface area contributed by atoms with Crippen molar-refractivity contribution in [2.24, 2.45) is 45.8 Å². The highest BCUT2D eigenvalue weighted by Crippen LogP contribution is 2.68. The predicted molar refractivity (Wildman–Crippen MR) is 134 cm³/mol. The number of Topliss-reactive ketones (excluding diaryl/α,β-unsaturated/α-hetero) is 1. The quantitative estimate of drug-likeness (QED) is 0.460. The Hall–Kier alpha value is -2.43. The van der Waals surface area contributed by atoms with Crippen molar-refractivity contribution in [2.45, 2.75) is 91.3 Å². The average Bonchev–Trinajstić information content (AvgIpc) is 2.82. The summed E-state index contributed by atoms with van der Waals surface area (Å²) in [7, 11) is 0. The minimum atomic E-state index is -4.98. The number of fused-ring (bicyclic) bond motifs is 7. The number of hydrogen-bond acceptors (Lipinski definition) is 4. The average molecular weight is 531 g/mol. The van der Waals surface area contributed by atoms with Gasteiger partial charge in [0.1, 0.15) is 6.07 Å². The summed E-state index contributed by atoms with van der Waals surface area (Å²) in [6.07, 6.45) is 2.68. The van der Waals surface area contributed by atoms with Crippen LogP contribution in [0.4, 0.5) is 13.2 Å². The molecule has 0 aromatic heterocycles. The van der Waals surface area contributed by atoms with Gasteiger partial charge in [-0.25, -0.2) is 0 Å². The highest BCUT2D eigenvalue weighted by atomic mass is 19.4. The number of nitriles is 1. The summed E-state index contributed by atoms with van der Waals surface area (Å²) in [6, 6.07) is 2.07. The Bertz CT molecular complexity index is 1210. The fraction of sp³-hybridized carbons (Fsp3) is 0.733. The second kappa shape index (κ2) is 8.29. The fourth-order valence-electron chi connectivity index (χ4n) is 9.41. The molecule has 8 unspecified atom stereocenters. The summed E-state index contributed by atoms with van der Waals surface area (Å²) < 4.78 is 40.1. The molecule has 0 aliphatic heterocycles. The van der Waals surface area contributed by atoms with E-state index in [4.69, 9.17) is 0 Å². The Balaban J connectivity index is 1.61. The fourth-order valence-corrected chi connectivity index (χ4v) is 9.41. The summed E-state index contributed by atoms with van der Waals surface area (Å²) >= 11 is 0. The number of alkyl halides is 3. The van der Waals surface area contributed by atoms with Gasteiger partial charge >= 0.3 is 12.1 Å². The molecule has 8 heteroatoms. The molecule has 8 atom stereocenters. The number of rotatable bonds is 1. The molecule has 5 rings (SSSR count). The molecule has 38 heavy (non-hydrogen) atoms. The maximum Gasteiger partial charge on any atom is 0.471 e. The van der Waals surface area contributed by atoms with E-state index in [1.807, 2.05) is 13.8 Å². The van der Waals surface area contributed by atoms with Crippen molar-refractivity contribution >= 4 is 17.5 Å². The topological polar surface area (TPSA) is 87.0 Å². The Kier molecular flexibility index (Phi) is 5.92. The summed E-state index contributed by atoms with van der Waals surface area (Å²) in [5.41, 5.74) is -1.11. The van der Waals surface area contributed by atoms with Gasteiger partial charge in [-0.05, 0) is 79.6 Å². The lowest BCUT2D eigenvalue weighted by atomic mass is 9.40. The predicted octanol–water partition coefficient (Wildman–Crippen LogP) is 5.86. The van der Waals surface area contributed by atoms with E-state index in [-0.39, 0.29) is 51.6 Å². The van der Waals surface area contributed by atoms with Crippen LogP contribution in [-0.2, 0) is 14.4 Å². The van der Waals surface area contributed by atoms with Crippen molar-refractivity contribution in [1.82, 2.24) is 5.32 Å². The van der Waals surface area contributed by atoms with E-state index in [1.165, 1.54) is 0 Å². The Labute approximate surface area is 222 Å². The van der Waals surface area contributed by atoms with Crippen LogP contribution in [0.1, 0.15) is 79.6 Å². The molecule has 1 amide bonds. The van der Waals surface area contributed by atoms with Crippen LogP contribution in [0.5, 0.6) is 0 Å². The Morgan fingerprint density at radius 2 is 1.68 bits per heavy atom. The van der Waals surface area contributed by atoms with Gasteiger partial charge in [0.2, 0.25) is 0 Å². The van der Waals surface area contributed by atoms with Crippen LogP contribution in [0.15, 0.2) is 23.3 Å². The molecular weight excluding hydrogens is 493 g/mol. The summed E-state index contributed by atoms with van der Waals surface area (Å²) in [6.45, 7) is 10.2. The van der Waals surface area contributed by atoms with E-state index in [9.17, 15) is 32.8 Å². The smallest absolute Gasteiger partial charge is 0.343 e. The molecule has 0 saturated heterocycles. The van der Waals surface area contributed by atoms with Crippen LogP contribution >= 0.6 is 0 Å². The number of ketones is 2. The largest absolute Gasteiger partial charge is 0.471 e. The molecule has 1 N–H and O–H groups in total. The van der Waals surface area contributed by atoms with Gasteiger partial charge in [-0.15, -0.1) is 0 Å². The van der Waals surface area contributed by atoms with Crippen molar-refractivity contribution in [1.29, 1.82) is 5.26 Å². The van der Waals surface area contributed by atoms with E-state index in [1.54, 1.807) is 12.2 Å². The van der Waals surface area contributed by atoms with Crippen LogP contribution in [0, 0.1) is 57.2 Å². The lowest BCUT2D eigenvalue weighted by Gasteiger charge is -2.64. The van der Waals surface area contributed by atoms with Gasteiger partial charge in [-0.1, -0.05) is 46.3 Å². The molecule has 5 aliphatic rings. The first-order valence-electron chi connectivity index (χ1n) is 13.8. The van der Waals surface area contributed by atoms with Gasteiger partial charge in [0.15, 0.2) is 11.6 Å². The molecule has 0 bridgehead atoms. The number of nitrogens with one attached hydrogen (secondary N) is 1. The molecule has 3 fully saturated rings. The third-order valence-electron chi connectivity index (χ3n) is 11.3. The molecule has 206 valence electrons. The van der Waals surface area contributed by atoms with Crippen molar-refractivity contribution < 1.29 is 27.6 Å². The number of halogens is 3. The van der Waals surface area contributed by atoms with E-state index < -0.39 is 29.0 Å². The molecule has 0 radical (unpaired) electrons. The zero-order chi connectivity index (χ0) is 28.1. The molecule has 0 heterocycles. The lowest BCUT2D eigenvalue weighted by Crippen LogP contribution is -2.67. The minimum absolute atomic E-state index is 0.0156. The lowest BCUT2D eigenvalue weighted by molar-refractivity contribution is -0.180. The molecule has 5 nitrogen and oxygen atoms in total. The molecule has 0 aromatic rings. The van der Waals surface area contributed by atoms with Crippen LogP contribution in [0.25, 0.3) is 0 Å². The van der Waals surface area contributed by atoms with Gasteiger partial charge in [0, 0.05) is 22.8 Å². The first-order valence-corrected chi connectivity index (χ1v) is 13.8. The highest BCUT2D eigenvalue weighted by molar-refractivity contribution is 6.02. The van der Waals surface area contributed by atoms with Crippen molar-refractivity contribution in [3.8, 4) is 6.07 Å². The van der Waals surface area contributed by atoms with Gasteiger partial charge in [-0.2, -0.15) is 18.4 Å². The van der Waals surface area contributed by atoms with Crippen LogP contribution in [0.2, 0.25) is 0 Å². The third-order valence-corrected chi connectivity index (χ3v) is 11.3. The van der Waals surface area contributed by atoms with E-state index in [0.29, 0.717) is 32.1 Å². The minimum Gasteiger partial charge on any atom is -0.343 e. The number of allylic oxidation sites excluding steroid dienone is 4. The SMILES string of the molecule is CC1C(=O)C(C#N)=CC2(C)C3=CC(=O)C4C5CC(C)(C)CCC5(NC(=O)C(F)(F)F)CCC4C3(C)CCC12. The van der Waals surface area contributed by atoms with Crippen molar-refractivity contribution in [3.63, 3.8) is 0 Å². The van der Waals surface area contributed by atoms with Crippen molar-refractivity contribution in [3.05, 3.63) is 23.3 Å². The Morgan fingerprint density at radius 3 is 2.32 bits per heavy atom. The monoisotopic (exact) mass is 530 g/mol. The second-order valence-corrected chi connectivity index (χ2v) is 13.9.